The molecule has 0 bridgehead atoms. The number of aromatic amines is 1. The number of nitrogens with one attached hydrogen (secondary N) is 3. The van der Waals surface area contributed by atoms with Gasteiger partial charge >= 0.3 is 0 Å². The van der Waals surface area contributed by atoms with Gasteiger partial charge in [0.1, 0.15) is 11.5 Å². The number of nitrogens with zero attached hydrogens (tertiary/aromatic N) is 4. The molecule has 142 valence electrons. The Labute approximate surface area is 162 Å². The third kappa shape index (κ3) is 2.73. The number of anilines is 1. The molecule has 0 aliphatic carbocycles. The molecule has 2 saturated heterocycles. The van der Waals surface area contributed by atoms with Gasteiger partial charge in [-0.3, -0.25) is 10.1 Å². The second-order valence-corrected chi connectivity index (χ2v) is 7.42. The van der Waals surface area contributed by atoms with Gasteiger partial charge in [0.15, 0.2) is 0 Å². The van der Waals surface area contributed by atoms with E-state index in [9.17, 15) is 0 Å². The first-order chi connectivity index (χ1) is 13.8. The standard InChI is InChI=1S/C20H22N8/c21-5-12(6-22)17-4-15-18(9-24-17)26-27-20(15)16-2-1-3-19(25-16)28-10-13-7-23-8-14(13)11-28/h1-6,9,13-14,21,23H,7-8,10-11,22H2,(H,26,27)/b12-6+,21-5?/t13-,14+. The number of H-pyrrole nitrogens is 1. The molecule has 0 unspecified atom stereocenters. The first kappa shape index (κ1) is 16.9. The highest BCUT2D eigenvalue weighted by atomic mass is 15.2. The zero-order valence-electron chi connectivity index (χ0n) is 15.4. The summed E-state index contributed by atoms with van der Waals surface area (Å²) in [6.07, 6.45) is 4.30. The molecule has 5 rings (SSSR count). The van der Waals surface area contributed by atoms with Crippen LogP contribution in [-0.2, 0) is 0 Å². The average Bonchev–Trinajstić information content (AvgIpc) is 3.43. The van der Waals surface area contributed by atoms with Crippen molar-refractivity contribution in [1.82, 2.24) is 25.5 Å². The van der Waals surface area contributed by atoms with Crippen LogP contribution in [0, 0.1) is 17.2 Å². The lowest BCUT2D eigenvalue weighted by Crippen LogP contribution is -2.26. The van der Waals surface area contributed by atoms with E-state index in [1.165, 1.54) is 12.4 Å². The van der Waals surface area contributed by atoms with Crippen LogP contribution in [0.2, 0.25) is 0 Å². The van der Waals surface area contributed by atoms with Crippen LogP contribution in [0.25, 0.3) is 27.9 Å². The molecule has 2 atom stereocenters. The molecule has 5 heterocycles. The normalized spacial score (nSPS) is 22.0. The van der Waals surface area contributed by atoms with Gasteiger partial charge in [0, 0.05) is 49.6 Å². The van der Waals surface area contributed by atoms with Crippen LogP contribution in [0.5, 0.6) is 0 Å². The van der Waals surface area contributed by atoms with Crippen LogP contribution < -0.4 is 16.0 Å². The zero-order valence-corrected chi connectivity index (χ0v) is 15.4. The van der Waals surface area contributed by atoms with Gasteiger partial charge < -0.3 is 21.4 Å². The number of hydrogen-bond acceptors (Lipinski definition) is 7. The van der Waals surface area contributed by atoms with E-state index in [1.807, 2.05) is 18.2 Å². The maximum Gasteiger partial charge on any atom is 0.129 e. The van der Waals surface area contributed by atoms with E-state index in [-0.39, 0.29) is 0 Å². The SMILES string of the molecule is N=C/C(=C\N)c1cc2c(-c3cccc(N4C[C@H]5CNC[C@H]5C4)n3)n[nH]c2cn1. The van der Waals surface area contributed by atoms with Crippen LogP contribution in [0.4, 0.5) is 5.82 Å². The van der Waals surface area contributed by atoms with Gasteiger partial charge in [-0.1, -0.05) is 6.07 Å². The number of pyridine rings is 2. The summed E-state index contributed by atoms with van der Waals surface area (Å²) in [4.78, 5) is 11.7. The van der Waals surface area contributed by atoms with Crippen molar-refractivity contribution in [2.75, 3.05) is 31.1 Å². The molecule has 3 aromatic rings. The second-order valence-electron chi connectivity index (χ2n) is 7.42. The van der Waals surface area contributed by atoms with Gasteiger partial charge in [0.2, 0.25) is 0 Å². The Morgan fingerprint density at radius 1 is 1.25 bits per heavy atom. The fraction of sp³-hybridized carbons (Fsp3) is 0.300. The molecular formula is C20H22N8. The Morgan fingerprint density at radius 2 is 2.07 bits per heavy atom. The molecule has 2 fully saturated rings. The third-order valence-electron chi connectivity index (χ3n) is 5.77. The Bertz CT molecular complexity index is 1060. The first-order valence-corrected chi connectivity index (χ1v) is 9.47. The fourth-order valence-corrected chi connectivity index (χ4v) is 4.25. The molecule has 5 N–H and O–H groups in total. The van der Waals surface area contributed by atoms with Crippen LogP contribution in [-0.4, -0.2) is 52.6 Å². The number of hydrogen-bond donors (Lipinski definition) is 4. The van der Waals surface area contributed by atoms with Gasteiger partial charge in [-0.25, -0.2) is 4.98 Å². The highest BCUT2D eigenvalue weighted by molar-refractivity contribution is 6.08. The number of rotatable bonds is 4. The summed E-state index contributed by atoms with van der Waals surface area (Å²) in [6, 6.07) is 7.99. The largest absolute Gasteiger partial charge is 0.404 e. The third-order valence-corrected chi connectivity index (χ3v) is 5.77. The minimum Gasteiger partial charge on any atom is -0.404 e. The predicted octanol–water partition coefficient (Wildman–Crippen LogP) is 1.62. The van der Waals surface area contributed by atoms with E-state index in [2.05, 4.69) is 31.5 Å². The summed E-state index contributed by atoms with van der Waals surface area (Å²) in [5, 5.41) is 19.4. The second kappa shape index (κ2) is 6.72. The van der Waals surface area contributed by atoms with Crippen molar-refractivity contribution in [2.24, 2.45) is 17.6 Å². The highest BCUT2D eigenvalue weighted by Crippen LogP contribution is 2.32. The minimum atomic E-state index is 0.563. The van der Waals surface area contributed by atoms with Crippen molar-refractivity contribution < 1.29 is 0 Å². The van der Waals surface area contributed by atoms with Crippen molar-refractivity contribution in [3.8, 4) is 11.4 Å². The molecule has 0 radical (unpaired) electrons. The van der Waals surface area contributed by atoms with Crippen molar-refractivity contribution in [2.45, 2.75) is 0 Å². The summed E-state index contributed by atoms with van der Waals surface area (Å²) >= 11 is 0. The van der Waals surface area contributed by atoms with E-state index in [1.54, 1.807) is 6.20 Å². The van der Waals surface area contributed by atoms with Crippen LogP contribution in [0.1, 0.15) is 5.69 Å². The van der Waals surface area contributed by atoms with Gasteiger partial charge in [0.05, 0.1) is 23.1 Å². The molecule has 2 aliphatic heterocycles. The minimum absolute atomic E-state index is 0.563. The van der Waals surface area contributed by atoms with E-state index < -0.39 is 0 Å². The summed E-state index contributed by atoms with van der Waals surface area (Å²) in [5.74, 6) is 2.43. The van der Waals surface area contributed by atoms with Crippen molar-refractivity contribution in [3.63, 3.8) is 0 Å². The van der Waals surface area contributed by atoms with E-state index >= 15 is 0 Å². The summed E-state index contributed by atoms with van der Waals surface area (Å²) in [7, 11) is 0. The molecule has 0 aromatic carbocycles. The zero-order chi connectivity index (χ0) is 19.1. The molecule has 8 nitrogen and oxygen atoms in total. The molecule has 0 amide bonds. The van der Waals surface area contributed by atoms with Gasteiger partial charge in [-0.15, -0.1) is 0 Å². The van der Waals surface area contributed by atoms with Crippen molar-refractivity contribution in [1.29, 1.82) is 5.41 Å². The monoisotopic (exact) mass is 374 g/mol. The highest BCUT2D eigenvalue weighted by Gasteiger charge is 2.36. The molecule has 3 aromatic heterocycles. The molecule has 28 heavy (non-hydrogen) atoms. The van der Waals surface area contributed by atoms with E-state index in [0.29, 0.717) is 23.1 Å². The Morgan fingerprint density at radius 3 is 2.82 bits per heavy atom. The number of nitrogens with two attached hydrogens (primary N) is 1. The molecule has 0 spiro atoms. The Balaban J connectivity index is 1.52. The van der Waals surface area contributed by atoms with Crippen LogP contribution in [0.3, 0.4) is 0 Å². The van der Waals surface area contributed by atoms with Gasteiger partial charge in [0.25, 0.3) is 0 Å². The quantitative estimate of drug-likeness (QED) is 0.515. The van der Waals surface area contributed by atoms with Gasteiger partial charge in [-0.05, 0) is 30.0 Å². The van der Waals surface area contributed by atoms with Crippen molar-refractivity contribution >= 4 is 28.5 Å². The van der Waals surface area contributed by atoms with E-state index in [0.717, 1.165) is 54.3 Å². The maximum atomic E-state index is 7.50. The Kier molecular flexibility index (Phi) is 4.05. The maximum absolute atomic E-state index is 7.50. The lowest BCUT2D eigenvalue weighted by molar-refractivity contribution is 0.533. The number of fused-ring (bicyclic) bond motifs is 2. The van der Waals surface area contributed by atoms with E-state index in [4.69, 9.17) is 16.1 Å². The predicted molar refractivity (Wildman–Crippen MR) is 110 cm³/mol. The van der Waals surface area contributed by atoms with Crippen LogP contribution >= 0.6 is 0 Å². The fourth-order valence-electron chi connectivity index (χ4n) is 4.25. The number of aromatic nitrogens is 4. The summed E-state index contributed by atoms with van der Waals surface area (Å²) < 4.78 is 0. The molecular weight excluding hydrogens is 352 g/mol. The summed E-state index contributed by atoms with van der Waals surface area (Å²) in [5.41, 5.74) is 9.25. The average molecular weight is 374 g/mol. The summed E-state index contributed by atoms with van der Waals surface area (Å²) in [6.45, 7) is 4.30. The number of allylic oxidation sites excluding steroid dienone is 1. The molecule has 2 aliphatic rings. The van der Waals surface area contributed by atoms with Crippen LogP contribution in [0.15, 0.2) is 36.7 Å². The first-order valence-electron chi connectivity index (χ1n) is 9.47. The van der Waals surface area contributed by atoms with Crippen molar-refractivity contribution in [3.05, 3.63) is 42.4 Å². The topological polar surface area (TPSA) is 120 Å². The Hall–Kier alpha value is -3.26. The lowest BCUT2D eigenvalue weighted by Gasteiger charge is -2.19. The molecule has 8 heteroatoms. The smallest absolute Gasteiger partial charge is 0.129 e. The van der Waals surface area contributed by atoms with Gasteiger partial charge in [-0.2, -0.15) is 5.10 Å². The lowest BCUT2D eigenvalue weighted by atomic mass is 10.0. The molecule has 0 saturated carbocycles.